The summed E-state index contributed by atoms with van der Waals surface area (Å²) in [5.74, 6) is -0.780. The number of ether oxygens (including phenoxy) is 1. The number of carbonyl (C=O) groups excluding carboxylic acids is 2. The summed E-state index contributed by atoms with van der Waals surface area (Å²) in [7, 11) is 0. The van der Waals surface area contributed by atoms with Crippen molar-refractivity contribution >= 4 is 29.2 Å². The molecule has 1 N–H and O–H groups in total. The van der Waals surface area contributed by atoms with E-state index in [1.807, 2.05) is 12.1 Å². The molecule has 5 nitrogen and oxygen atoms in total. The van der Waals surface area contributed by atoms with E-state index < -0.39 is 11.3 Å². The van der Waals surface area contributed by atoms with E-state index in [1.165, 1.54) is 0 Å². The first-order chi connectivity index (χ1) is 13.0. The van der Waals surface area contributed by atoms with Gasteiger partial charge in [0.2, 0.25) is 0 Å². The molecule has 1 aliphatic carbocycles. The Hall–Kier alpha value is -2.84. The Morgan fingerprint density at radius 2 is 1.78 bits per heavy atom. The molecule has 6 heteroatoms. The van der Waals surface area contributed by atoms with Crippen LogP contribution in [-0.2, 0) is 26.2 Å². The van der Waals surface area contributed by atoms with Crippen LogP contribution in [0, 0.1) is 11.3 Å². The monoisotopic (exact) mass is 382 g/mol. The molecular formula is C21H19ClN2O3. The third-order valence-electron chi connectivity index (χ3n) is 4.85. The summed E-state index contributed by atoms with van der Waals surface area (Å²) < 4.78 is 5.30. The van der Waals surface area contributed by atoms with Gasteiger partial charge in [-0.1, -0.05) is 42.3 Å². The molecule has 27 heavy (non-hydrogen) atoms. The standard InChI is InChI=1S/C21H19ClN2O3/c22-17-6-4-16(5-7-17)21(11-1-12-21)20(26)27-14-19(25)24-18-8-2-15(3-9-18)10-13-23/h2-9H,1,10-12,14H2,(H,24,25). The first kappa shape index (κ1) is 18.9. The predicted molar refractivity (Wildman–Crippen MR) is 102 cm³/mol. The Kier molecular flexibility index (Phi) is 5.78. The molecule has 2 aromatic carbocycles. The fraction of sp³-hybridized carbons (Fsp3) is 0.286. The maximum atomic E-state index is 12.6. The third kappa shape index (κ3) is 4.29. The Labute approximate surface area is 162 Å². The summed E-state index contributed by atoms with van der Waals surface area (Å²) in [5, 5.41) is 12.0. The minimum atomic E-state index is -0.677. The number of benzene rings is 2. The number of nitrogens with one attached hydrogen (secondary N) is 1. The van der Waals surface area contributed by atoms with E-state index in [1.54, 1.807) is 36.4 Å². The van der Waals surface area contributed by atoms with Crippen LogP contribution in [0.15, 0.2) is 48.5 Å². The van der Waals surface area contributed by atoms with Crippen LogP contribution in [0.25, 0.3) is 0 Å². The van der Waals surface area contributed by atoms with Crippen molar-refractivity contribution in [3.8, 4) is 6.07 Å². The second kappa shape index (κ2) is 8.24. The third-order valence-corrected chi connectivity index (χ3v) is 5.10. The van der Waals surface area contributed by atoms with Gasteiger partial charge >= 0.3 is 5.97 Å². The predicted octanol–water partition coefficient (Wildman–Crippen LogP) is 4.01. The summed E-state index contributed by atoms with van der Waals surface area (Å²) >= 11 is 5.92. The minimum Gasteiger partial charge on any atom is -0.455 e. The lowest BCUT2D eigenvalue weighted by atomic mass is 9.64. The highest BCUT2D eigenvalue weighted by Crippen LogP contribution is 2.45. The first-order valence-electron chi connectivity index (χ1n) is 8.72. The fourth-order valence-electron chi connectivity index (χ4n) is 3.17. The van der Waals surface area contributed by atoms with Gasteiger partial charge in [-0.15, -0.1) is 0 Å². The van der Waals surface area contributed by atoms with Crippen molar-refractivity contribution in [2.24, 2.45) is 0 Å². The molecule has 1 amide bonds. The Bertz CT molecular complexity index is 866. The van der Waals surface area contributed by atoms with Crippen molar-refractivity contribution in [2.45, 2.75) is 31.1 Å². The molecule has 0 unspecified atom stereocenters. The number of nitriles is 1. The summed E-state index contributed by atoms with van der Waals surface area (Å²) in [5.41, 5.74) is 1.66. The highest BCUT2D eigenvalue weighted by atomic mass is 35.5. The van der Waals surface area contributed by atoms with Crippen molar-refractivity contribution in [3.05, 3.63) is 64.7 Å². The molecule has 3 rings (SSSR count). The molecule has 1 aliphatic rings. The maximum Gasteiger partial charge on any atom is 0.317 e. The van der Waals surface area contributed by atoms with E-state index in [2.05, 4.69) is 11.4 Å². The molecule has 138 valence electrons. The largest absolute Gasteiger partial charge is 0.455 e. The highest BCUT2D eigenvalue weighted by Gasteiger charge is 2.47. The van der Waals surface area contributed by atoms with Crippen LogP contribution in [0.4, 0.5) is 5.69 Å². The molecule has 2 aromatic rings. The molecular weight excluding hydrogens is 364 g/mol. The van der Waals surface area contributed by atoms with Gasteiger partial charge in [-0.25, -0.2) is 0 Å². The fourth-order valence-corrected chi connectivity index (χ4v) is 3.30. The Morgan fingerprint density at radius 1 is 1.11 bits per heavy atom. The molecule has 0 aromatic heterocycles. The second-order valence-electron chi connectivity index (χ2n) is 6.60. The molecule has 0 spiro atoms. The number of carbonyl (C=O) groups is 2. The van der Waals surface area contributed by atoms with Crippen LogP contribution in [0.1, 0.15) is 30.4 Å². The Morgan fingerprint density at radius 3 is 2.33 bits per heavy atom. The van der Waals surface area contributed by atoms with E-state index in [4.69, 9.17) is 21.6 Å². The van der Waals surface area contributed by atoms with E-state index in [-0.39, 0.29) is 12.6 Å². The van der Waals surface area contributed by atoms with Gasteiger partial charge in [0, 0.05) is 10.7 Å². The lowest BCUT2D eigenvalue weighted by molar-refractivity contribution is -0.156. The van der Waals surface area contributed by atoms with Gasteiger partial charge in [0.05, 0.1) is 17.9 Å². The zero-order chi connectivity index (χ0) is 19.3. The SMILES string of the molecule is N#CCc1ccc(NC(=O)COC(=O)C2(c3ccc(Cl)cc3)CCC2)cc1. The molecule has 0 aliphatic heterocycles. The van der Waals surface area contributed by atoms with Crippen LogP contribution in [-0.4, -0.2) is 18.5 Å². The van der Waals surface area contributed by atoms with E-state index >= 15 is 0 Å². The maximum absolute atomic E-state index is 12.6. The highest BCUT2D eigenvalue weighted by molar-refractivity contribution is 6.30. The first-order valence-corrected chi connectivity index (χ1v) is 9.10. The minimum absolute atomic E-state index is 0.318. The molecule has 0 heterocycles. The molecule has 0 saturated heterocycles. The summed E-state index contributed by atoms with van der Waals surface area (Å²) in [6, 6.07) is 16.2. The van der Waals surface area contributed by atoms with E-state index in [0.717, 1.165) is 17.5 Å². The lowest BCUT2D eigenvalue weighted by Gasteiger charge is -2.39. The quantitative estimate of drug-likeness (QED) is 0.765. The van der Waals surface area contributed by atoms with Crippen LogP contribution < -0.4 is 5.32 Å². The van der Waals surface area contributed by atoms with Gasteiger partial charge in [-0.05, 0) is 48.2 Å². The van der Waals surface area contributed by atoms with Crippen LogP contribution >= 0.6 is 11.6 Å². The average molecular weight is 383 g/mol. The number of anilines is 1. The van der Waals surface area contributed by atoms with Crippen molar-refractivity contribution in [3.63, 3.8) is 0 Å². The average Bonchev–Trinajstić information content (AvgIpc) is 2.62. The number of halogens is 1. The number of amides is 1. The lowest BCUT2D eigenvalue weighted by Crippen LogP contribution is -2.44. The number of hydrogen-bond donors (Lipinski definition) is 1. The number of hydrogen-bond acceptors (Lipinski definition) is 4. The summed E-state index contributed by atoms with van der Waals surface area (Å²) in [4.78, 5) is 24.7. The van der Waals surface area contributed by atoms with E-state index in [9.17, 15) is 9.59 Å². The van der Waals surface area contributed by atoms with Crippen molar-refractivity contribution in [2.75, 3.05) is 11.9 Å². The molecule has 1 saturated carbocycles. The molecule has 1 fully saturated rings. The van der Waals surface area contributed by atoms with Crippen LogP contribution in [0.3, 0.4) is 0 Å². The topological polar surface area (TPSA) is 79.2 Å². The summed E-state index contributed by atoms with van der Waals surface area (Å²) in [6.45, 7) is -0.339. The summed E-state index contributed by atoms with van der Waals surface area (Å²) in [6.07, 6.45) is 2.67. The van der Waals surface area contributed by atoms with E-state index in [0.29, 0.717) is 30.0 Å². The van der Waals surface area contributed by atoms with Crippen molar-refractivity contribution in [1.29, 1.82) is 5.26 Å². The number of esters is 1. The van der Waals surface area contributed by atoms with Gasteiger partial charge < -0.3 is 10.1 Å². The second-order valence-corrected chi connectivity index (χ2v) is 7.04. The van der Waals surface area contributed by atoms with Crippen LogP contribution in [0.5, 0.6) is 0 Å². The van der Waals surface area contributed by atoms with Crippen LogP contribution in [0.2, 0.25) is 5.02 Å². The number of rotatable bonds is 6. The molecule has 0 atom stereocenters. The smallest absolute Gasteiger partial charge is 0.317 e. The Balaban J connectivity index is 1.57. The van der Waals surface area contributed by atoms with Gasteiger partial charge in [-0.2, -0.15) is 5.26 Å². The van der Waals surface area contributed by atoms with Gasteiger partial charge in [0.25, 0.3) is 5.91 Å². The van der Waals surface area contributed by atoms with Gasteiger partial charge in [-0.3, -0.25) is 9.59 Å². The molecule has 0 bridgehead atoms. The normalized spacial score (nSPS) is 14.5. The van der Waals surface area contributed by atoms with Crippen molar-refractivity contribution < 1.29 is 14.3 Å². The number of nitrogens with zero attached hydrogens (tertiary/aromatic N) is 1. The molecule has 0 radical (unpaired) electrons. The van der Waals surface area contributed by atoms with Gasteiger partial charge in [0.15, 0.2) is 6.61 Å². The zero-order valence-electron chi connectivity index (χ0n) is 14.7. The van der Waals surface area contributed by atoms with Gasteiger partial charge in [0.1, 0.15) is 0 Å². The zero-order valence-corrected chi connectivity index (χ0v) is 15.5. The van der Waals surface area contributed by atoms with Crippen molar-refractivity contribution in [1.82, 2.24) is 0 Å².